The molecule has 0 atom stereocenters. The van der Waals surface area contributed by atoms with Crippen LogP contribution in [0.1, 0.15) is 26.7 Å². The van der Waals surface area contributed by atoms with Crippen LogP contribution in [0.5, 0.6) is 5.75 Å². The quantitative estimate of drug-likeness (QED) is 0.620. The van der Waals surface area contributed by atoms with Crippen LogP contribution in [0.3, 0.4) is 0 Å². The van der Waals surface area contributed by atoms with Crippen LogP contribution < -0.4 is 15.4 Å². The van der Waals surface area contributed by atoms with Gasteiger partial charge < -0.3 is 15.4 Å². The molecule has 0 aromatic heterocycles. The smallest absolute Gasteiger partial charge is 0.222 e. The normalized spacial score (nSPS) is 10.5. The Balaban J connectivity index is 2.11. The van der Waals surface area contributed by atoms with E-state index in [0.717, 1.165) is 4.47 Å². The van der Waals surface area contributed by atoms with Gasteiger partial charge in [0.2, 0.25) is 11.8 Å². The third-order valence-corrected chi connectivity index (χ3v) is 3.76. The molecule has 23 heavy (non-hydrogen) atoms. The van der Waals surface area contributed by atoms with Gasteiger partial charge in [-0.3, -0.25) is 9.59 Å². The molecule has 0 saturated carbocycles. The summed E-state index contributed by atoms with van der Waals surface area (Å²) in [7, 11) is 0. The van der Waals surface area contributed by atoms with Gasteiger partial charge in [0.15, 0.2) is 0 Å². The van der Waals surface area contributed by atoms with Gasteiger partial charge in [-0.2, -0.15) is 0 Å². The number of ether oxygens (including phenoxy) is 1. The van der Waals surface area contributed by atoms with Gasteiger partial charge in [-0.15, -0.1) is 0 Å². The average molecular weight is 406 g/mol. The molecule has 0 unspecified atom stereocenters. The highest BCUT2D eigenvalue weighted by Crippen LogP contribution is 2.27. The standard InChI is InChI=1S/C16H22BrClN2O3/c1-11(2)16(22)20-8-7-19-15(21)4-3-9-23-14-6-5-12(17)10-13(14)18/h5-6,10-11H,3-4,7-9H2,1-2H3,(H,19,21)(H,20,22). The Kier molecular flexibility index (Phi) is 9.02. The van der Waals surface area contributed by atoms with Crippen LogP contribution >= 0.6 is 27.5 Å². The van der Waals surface area contributed by atoms with E-state index in [2.05, 4.69) is 26.6 Å². The summed E-state index contributed by atoms with van der Waals surface area (Å²) in [4.78, 5) is 23.0. The van der Waals surface area contributed by atoms with Gasteiger partial charge in [0.25, 0.3) is 0 Å². The Hall–Kier alpha value is -1.27. The Bertz CT molecular complexity index is 538. The summed E-state index contributed by atoms with van der Waals surface area (Å²) < 4.78 is 6.42. The molecule has 0 aliphatic heterocycles. The summed E-state index contributed by atoms with van der Waals surface area (Å²) >= 11 is 9.36. The summed E-state index contributed by atoms with van der Waals surface area (Å²) in [6.45, 7) is 4.93. The lowest BCUT2D eigenvalue weighted by Gasteiger charge is -2.10. The largest absolute Gasteiger partial charge is 0.492 e. The number of hydrogen-bond acceptors (Lipinski definition) is 3. The van der Waals surface area contributed by atoms with Crippen molar-refractivity contribution in [2.24, 2.45) is 5.92 Å². The molecule has 1 aromatic rings. The minimum Gasteiger partial charge on any atom is -0.492 e. The van der Waals surface area contributed by atoms with Crippen molar-refractivity contribution in [1.29, 1.82) is 0 Å². The topological polar surface area (TPSA) is 67.4 Å². The van der Waals surface area contributed by atoms with Crippen LogP contribution in [0.2, 0.25) is 5.02 Å². The Morgan fingerprint density at radius 3 is 2.61 bits per heavy atom. The Labute approximate surface area is 150 Å². The zero-order valence-electron chi connectivity index (χ0n) is 13.3. The molecule has 0 heterocycles. The molecule has 0 fully saturated rings. The average Bonchev–Trinajstić information content (AvgIpc) is 2.49. The molecule has 0 aliphatic carbocycles. The summed E-state index contributed by atoms with van der Waals surface area (Å²) in [5.41, 5.74) is 0. The van der Waals surface area contributed by atoms with Crippen molar-refractivity contribution in [2.75, 3.05) is 19.7 Å². The molecule has 0 radical (unpaired) electrons. The molecule has 5 nitrogen and oxygen atoms in total. The number of carbonyl (C=O) groups excluding carboxylic acids is 2. The minimum atomic E-state index is -0.0608. The van der Waals surface area contributed by atoms with Crippen molar-refractivity contribution in [3.05, 3.63) is 27.7 Å². The van der Waals surface area contributed by atoms with Crippen LogP contribution in [0.25, 0.3) is 0 Å². The van der Waals surface area contributed by atoms with Crippen LogP contribution in [0, 0.1) is 5.92 Å². The van der Waals surface area contributed by atoms with E-state index in [-0.39, 0.29) is 17.7 Å². The number of hydrogen-bond donors (Lipinski definition) is 2. The third-order valence-electron chi connectivity index (χ3n) is 2.97. The monoisotopic (exact) mass is 404 g/mol. The van der Waals surface area contributed by atoms with Crippen molar-refractivity contribution < 1.29 is 14.3 Å². The summed E-state index contributed by atoms with van der Waals surface area (Å²) in [6.07, 6.45) is 0.961. The van der Waals surface area contributed by atoms with E-state index in [4.69, 9.17) is 16.3 Å². The van der Waals surface area contributed by atoms with Crippen LogP contribution in [-0.2, 0) is 9.59 Å². The Morgan fingerprint density at radius 2 is 1.96 bits per heavy atom. The molecule has 1 rings (SSSR count). The van der Waals surface area contributed by atoms with Crippen molar-refractivity contribution >= 4 is 39.3 Å². The maximum atomic E-state index is 11.6. The van der Waals surface area contributed by atoms with Gasteiger partial charge in [-0.25, -0.2) is 0 Å². The fraction of sp³-hybridized carbons (Fsp3) is 0.500. The highest BCUT2D eigenvalue weighted by Gasteiger charge is 2.06. The highest BCUT2D eigenvalue weighted by molar-refractivity contribution is 9.10. The van der Waals surface area contributed by atoms with E-state index < -0.39 is 0 Å². The van der Waals surface area contributed by atoms with E-state index >= 15 is 0 Å². The number of carbonyl (C=O) groups is 2. The molecule has 2 N–H and O–H groups in total. The second-order valence-corrected chi connectivity index (χ2v) is 6.65. The first-order valence-corrected chi connectivity index (χ1v) is 8.69. The first-order valence-electron chi connectivity index (χ1n) is 7.52. The van der Waals surface area contributed by atoms with E-state index in [1.54, 1.807) is 12.1 Å². The lowest BCUT2D eigenvalue weighted by molar-refractivity contribution is -0.124. The predicted octanol–water partition coefficient (Wildman–Crippen LogP) is 3.15. The Morgan fingerprint density at radius 1 is 1.26 bits per heavy atom. The molecular weight excluding hydrogens is 384 g/mol. The van der Waals surface area contributed by atoms with Crippen molar-refractivity contribution in [3.63, 3.8) is 0 Å². The maximum Gasteiger partial charge on any atom is 0.222 e. The molecule has 128 valence electrons. The molecule has 0 aliphatic rings. The van der Waals surface area contributed by atoms with Gasteiger partial charge in [-0.05, 0) is 24.6 Å². The molecule has 7 heteroatoms. The van der Waals surface area contributed by atoms with Crippen molar-refractivity contribution in [2.45, 2.75) is 26.7 Å². The SMILES string of the molecule is CC(C)C(=O)NCCNC(=O)CCCOc1ccc(Br)cc1Cl. The molecule has 2 amide bonds. The molecule has 0 spiro atoms. The number of benzene rings is 1. The minimum absolute atomic E-state index is 0.0148. The fourth-order valence-corrected chi connectivity index (χ4v) is 2.42. The lowest BCUT2D eigenvalue weighted by Crippen LogP contribution is -2.36. The van der Waals surface area contributed by atoms with E-state index in [1.165, 1.54) is 0 Å². The molecule has 0 bridgehead atoms. The van der Waals surface area contributed by atoms with Crippen LogP contribution in [0.15, 0.2) is 22.7 Å². The third kappa shape index (κ3) is 8.23. The molecule has 0 saturated heterocycles. The van der Waals surface area contributed by atoms with Crippen molar-refractivity contribution in [1.82, 2.24) is 10.6 Å². The first kappa shape index (κ1) is 19.8. The predicted molar refractivity (Wildman–Crippen MR) is 94.7 cm³/mol. The zero-order valence-corrected chi connectivity index (χ0v) is 15.7. The van der Waals surface area contributed by atoms with Gasteiger partial charge in [0.05, 0.1) is 11.6 Å². The second-order valence-electron chi connectivity index (χ2n) is 5.32. The molecular formula is C16H22BrClN2O3. The van der Waals surface area contributed by atoms with E-state index in [1.807, 2.05) is 19.9 Å². The summed E-state index contributed by atoms with van der Waals surface area (Å²) in [6, 6.07) is 5.39. The van der Waals surface area contributed by atoms with Gasteiger partial charge >= 0.3 is 0 Å². The summed E-state index contributed by atoms with van der Waals surface area (Å²) in [5, 5.41) is 6.03. The van der Waals surface area contributed by atoms with Gasteiger partial charge in [0, 0.05) is 29.9 Å². The fourth-order valence-electron chi connectivity index (χ4n) is 1.69. The van der Waals surface area contributed by atoms with Crippen LogP contribution in [0.4, 0.5) is 0 Å². The van der Waals surface area contributed by atoms with E-state index in [0.29, 0.717) is 43.3 Å². The van der Waals surface area contributed by atoms with Gasteiger partial charge in [-0.1, -0.05) is 41.4 Å². The van der Waals surface area contributed by atoms with Crippen molar-refractivity contribution in [3.8, 4) is 5.75 Å². The molecule has 1 aromatic carbocycles. The number of rotatable bonds is 9. The maximum absolute atomic E-state index is 11.6. The number of nitrogens with one attached hydrogen (secondary N) is 2. The lowest BCUT2D eigenvalue weighted by atomic mass is 10.2. The summed E-state index contributed by atoms with van der Waals surface area (Å²) in [5.74, 6) is 0.480. The van der Waals surface area contributed by atoms with Crippen LogP contribution in [-0.4, -0.2) is 31.5 Å². The van der Waals surface area contributed by atoms with Gasteiger partial charge in [0.1, 0.15) is 5.75 Å². The number of amides is 2. The zero-order chi connectivity index (χ0) is 17.2. The second kappa shape index (κ2) is 10.5. The first-order chi connectivity index (χ1) is 10.9. The van der Waals surface area contributed by atoms with E-state index in [9.17, 15) is 9.59 Å². The highest BCUT2D eigenvalue weighted by atomic mass is 79.9. The number of halogens is 2.